The van der Waals surface area contributed by atoms with Crippen molar-refractivity contribution in [3.8, 4) is 11.4 Å². The van der Waals surface area contributed by atoms with Crippen LogP contribution in [-0.4, -0.2) is 52.0 Å². The number of piperazine rings is 1. The van der Waals surface area contributed by atoms with Gasteiger partial charge >= 0.3 is 0 Å². The number of amides is 1. The van der Waals surface area contributed by atoms with Crippen LogP contribution in [0, 0.1) is 0 Å². The zero-order chi connectivity index (χ0) is 17.2. The molecule has 0 N–H and O–H groups in total. The van der Waals surface area contributed by atoms with Gasteiger partial charge in [-0.2, -0.15) is 16.3 Å². The van der Waals surface area contributed by atoms with Gasteiger partial charge in [0.1, 0.15) is 0 Å². The van der Waals surface area contributed by atoms with Crippen molar-refractivity contribution in [3.63, 3.8) is 0 Å². The fourth-order valence-corrected chi connectivity index (χ4v) is 3.65. The van der Waals surface area contributed by atoms with E-state index in [1.54, 1.807) is 28.4 Å². The molecule has 1 fully saturated rings. The number of rotatable bonds is 4. The minimum Gasteiger partial charge on any atom is -0.444 e. The van der Waals surface area contributed by atoms with Gasteiger partial charge in [-0.3, -0.25) is 9.69 Å². The molecular weight excluding hydrogens is 408 g/mol. The van der Waals surface area contributed by atoms with Crippen molar-refractivity contribution in [2.24, 2.45) is 0 Å². The highest BCUT2D eigenvalue weighted by atomic mass is 79.9. The Labute approximate surface area is 156 Å². The summed E-state index contributed by atoms with van der Waals surface area (Å²) in [5, 5.41) is 8.00. The Hall–Kier alpha value is -1.97. The molecule has 4 heterocycles. The predicted octanol–water partition coefficient (Wildman–Crippen LogP) is 3.11. The first-order valence-electron chi connectivity index (χ1n) is 7.81. The van der Waals surface area contributed by atoms with Gasteiger partial charge in [0.25, 0.3) is 5.91 Å². The maximum Gasteiger partial charge on any atom is 0.289 e. The van der Waals surface area contributed by atoms with Crippen molar-refractivity contribution in [1.29, 1.82) is 0 Å². The SMILES string of the molecule is O=C(c1ccc(Br)o1)N1CCN(Cc2nc(-c3ccsc3)no2)CC1. The molecule has 0 radical (unpaired) electrons. The number of nitrogens with zero attached hydrogens (tertiary/aromatic N) is 4. The highest BCUT2D eigenvalue weighted by Crippen LogP contribution is 2.20. The van der Waals surface area contributed by atoms with Gasteiger partial charge in [0.2, 0.25) is 11.7 Å². The number of furan rings is 1. The highest BCUT2D eigenvalue weighted by molar-refractivity contribution is 9.10. The first-order valence-corrected chi connectivity index (χ1v) is 9.55. The number of carbonyl (C=O) groups excluding carboxylic acids is 1. The lowest BCUT2D eigenvalue weighted by Crippen LogP contribution is -2.48. The molecule has 1 saturated heterocycles. The van der Waals surface area contributed by atoms with Crippen LogP contribution < -0.4 is 0 Å². The zero-order valence-corrected chi connectivity index (χ0v) is 15.6. The fraction of sp³-hybridized carbons (Fsp3) is 0.312. The summed E-state index contributed by atoms with van der Waals surface area (Å²) in [6, 6.07) is 5.38. The molecule has 0 saturated carbocycles. The van der Waals surface area contributed by atoms with Crippen molar-refractivity contribution in [3.05, 3.63) is 45.3 Å². The van der Waals surface area contributed by atoms with Crippen molar-refractivity contribution in [2.45, 2.75) is 6.54 Å². The van der Waals surface area contributed by atoms with E-state index < -0.39 is 0 Å². The second kappa shape index (κ2) is 7.11. The maximum absolute atomic E-state index is 12.4. The van der Waals surface area contributed by atoms with Gasteiger partial charge < -0.3 is 13.8 Å². The highest BCUT2D eigenvalue weighted by Gasteiger charge is 2.25. The van der Waals surface area contributed by atoms with Crippen LogP contribution in [0.4, 0.5) is 0 Å². The second-order valence-corrected chi connectivity index (χ2v) is 7.26. The maximum atomic E-state index is 12.4. The van der Waals surface area contributed by atoms with Gasteiger partial charge in [-0.15, -0.1) is 0 Å². The zero-order valence-electron chi connectivity index (χ0n) is 13.2. The topological polar surface area (TPSA) is 75.6 Å². The van der Waals surface area contributed by atoms with E-state index in [9.17, 15) is 4.79 Å². The lowest BCUT2D eigenvalue weighted by atomic mass is 10.3. The van der Waals surface area contributed by atoms with Gasteiger partial charge in [-0.1, -0.05) is 5.16 Å². The van der Waals surface area contributed by atoms with Crippen molar-refractivity contribution >= 4 is 33.2 Å². The van der Waals surface area contributed by atoms with Gasteiger partial charge in [-0.05, 0) is 39.5 Å². The summed E-state index contributed by atoms with van der Waals surface area (Å²) in [4.78, 5) is 20.8. The number of hydrogen-bond donors (Lipinski definition) is 0. The summed E-state index contributed by atoms with van der Waals surface area (Å²) in [6.07, 6.45) is 0. The number of thiophene rings is 1. The fourth-order valence-electron chi connectivity index (χ4n) is 2.71. The number of hydrogen-bond acceptors (Lipinski definition) is 7. The second-order valence-electron chi connectivity index (χ2n) is 5.70. The molecule has 1 aliphatic heterocycles. The van der Waals surface area contributed by atoms with Crippen LogP contribution in [0.3, 0.4) is 0 Å². The molecule has 130 valence electrons. The van der Waals surface area contributed by atoms with Crippen molar-refractivity contribution in [2.75, 3.05) is 26.2 Å². The normalized spacial score (nSPS) is 15.6. The van der Waals surface area contributed by atoms with E-state index >= 15 is 0 Å². The van der Waals surface area contributed by atoms with Crippen molar-refractivity contribution < 1.29 is 13.7 Å². The first kappa shape index (κ1) is 16.5. The average molecular weight is 423 g/mol. The summed E-state index contributed by atoms with van der Waals surface area (Å²) in [6.45, 7) is 3.38. The molecule has 0 aliphatic carbocycles. The van der Waals surface area contributed by atoms with E-state index in [0.29, 0.717) is 41.8 Å². The monoisotopic (exact) mass is 422 g/mol. The van der Waals surface area contributed by atoms with E-state index in [-0.39, 0.29) is 5.91 Å². The first-order chi connectivity index (χ1) is 12.2. The number of carbonyl (C=O) groups is 1. The third kappa shape index (κ3) is 3.68. The summed E-state index contributed by atoms with van der Waals surface area (Å²) >= 11 is 4.82. The molecule has 4 rings (SSSR count). The summed E-state index contributed by atoms with van der Waals surface area (Å²) < 4.78 is 11.2. The standard InChI is InChI=1S/C16H15BrN4O3S/c17-13-2-1-12(23-13)16(22)21-6-4-20(5-7-21)9-14-18-15(19-24-14)11-3-8-25-10-11/h1-3,8,10H,4-7,9H2. The van der Waals surface area contributed by atoms with Gasteiger partial charge in [0.15, 0.2) is 10.4 Å². The molecule has 1 aliphatic rings. The molecule has 9 heteroatoms. The Bertz CT molecular complexity index is 853. The largest absolute Gasteiger partial charge is 0.444 e. The van der Waals surface area contributed by atoms with Crippen LogP contribution in [0.1, 0.15) is 16.4 Å². The molecule has 1 amide bonds. The van der Waals surface area contributed by atoms with Crippen molar-refractivity contribution in [1.82, 2.24) is 19.9 Å². The smallest absolute Gasteiger partial charge is 0.289 e. The Morgan fingerprint density at radius 2 is 2.08 bits per heavy atom. The van der Waals surface area contributed by atoms with E-state index in [1.807, 2.05) is 16.8 Å². The predicted molar refractivity (Wildman–Crippen MR) is 95.2 cm³/mol. The van der Waals surface area contributed by atoms with Crippen LogP contribution in [0.15, 0.2) is 42.6 Å². The minimum absolute atomic E-state index is 0.0807. The van der Waals surface area contributed by atoms with E-state index in [0.717, 1.165) is 18.7 Å². The minimum atomic E-state index is -0.0807. The molecule has 0 aromatic carbocycles. The molecule has 3 aromatic heterocycles. The molecule has 7 nitrogen and oxygen atoms in total. The van der Waals surface area contributed by atoms with Crippen LogP contribution in [0.25, 0.3) is 11.4 Å². The number of aromatic nitrogens is 2. The molecule has 0 spiro atoms. The van der Waals surface area contributed by atoms with Crippen LogP contribution >= 0.6 is 27.3 Å². The van der Waals surface area contributed by atoms with Gasteiger partial charge in [-0.25, -0.2) is 0 Å². The molecular formula is C16H15BrN4O3S. The molecule has 0 bridgehead atoms. The summed E-state index contributed by atoms with van der Waals surface area (Å²) in [7, 11) is 0. The summed E-state index contributed by atoms with van der Waals surface area (Å²) in [5.41, 5.74) is 0.972. The molecule has 0 atom stereocenters. The number of halogens is 1. The average Bonchev–Trinajstić information content (AvgIpc) is 3.36. The lowest BCUT2D eigenvalue weighted by molar-refractivity contribution is 0.0583. The van der Waals surface area contributed by atoms with Crippen LogP contribution in [0.5, 0.6) is 0 Å². The molecule has 0 unspecified atom stereocenters. The quantitative estimate of drug-likeness (QED) is 0.642. The van der Waals surface area contributed by atoms with Gasteiger partial charge in [0.05, 0.1) is 6.54 Å². The molecule has 3 aromatic rings. The molecule has 25 heavy (non-hydrogen) atoms. The van der Waals surface area contributed by atoms with E-state index in [4.69, 9.17) is 8.94 Å². The lowest BCUT2D eigenvalue weighted by Gasteiger charge is -2.33. The Morgan fingerprint density at radius 3 is 2.76 bits per heavy atom. The third-order valence-corrected chi connectivity index (χ3v) is 5.16. The van der Waals surface area contributed by atoms with Crippen LogP contribution in [-0.2, 0) is 6.54 Å². The Morgan fingerprint density at radius 1 is 1.24 bits per heavy atom. The van der Waals surface area contributed by atoms with Crippen LogP contribution in [0.2, 0.25) is 0 Å². The summed E-state index contributed by atoms with van der Waals surface area (Å²) in [5.74, 6) is 1.49. The van der Waals surface area contributed by atoms with E-state index in [2.05, 4.69) is 31.0 Å². The Kier molecular flexibility index (Phi) is 4.69. The van der Waals surface area contributed by atoms with E-state index in [1.165, 1.54) is 0 Å². The third-order valence-electron chi connectivity index (χ3n) is 4.05. The Balaban J connectivity index is 1.32. The van der Waals surface area contributed by atoms with Gasteiger partial charge in [0, 0.05) is 37.1 Å².